The van der Waals surface area contributed by atoms with Crippen molar-refractivity contribution in [2.75, 3.05) is 18.9 Å². The van der Waals surface area contributed by atoms with E-state index in [1.807, 2.05) is 0 Å². The molecule has 3 nitrogen and oxygen atoms in total. The van der Waals surface area contributed by atoms with Crippen LogP contribution in [0.2, 0.25) is 0 Å². The average Bonchev–Trinajstić information content (AvgIpc) is 2.47. The maximum Gasteiger partial charge on any atom is 0.220 e. The fraction of sp³-hybridized carbons (Fsp3) is 0.588. The Kier molecular flexibility index (Phi) is 8.47. The summed E-state index contributed by atoms with van der Waals surface area (Å²) in [6.07, 6.45) is 2.28. The Bertz CT molecular complexity index is 448. The molecular weight excluding hydrogens is 282 g/mol. The second-order valence-corrected chi connectivity index (χ2v) is 6.60. The van der Waals surface area contributed by atoms with Gasteiger partial charge in [-0.15, -0.1) is 11.8 Å². The molecule has 118 valence electrons. The van der Waals surface area contributed by atoms with Crippen molar-refractivity contribution in [2.24, 2.45) is 5.92 Å². The zero-order chi connectivity index (χ0) is 15.7. The Hall–Kier alpha value is -1.00. The van der Waals surface area contributed by atoms with Crippen LogP contribution in [0.4, 0.5) is 0 Å². The maximum absolute atomic E-state index is 11.8. The molecule has 1 aromatic rings. The van der Waals surface area contributed by atoms with E-state index in [4.69, 9.17) is 5.11 Å². The molecular formula is C17H27NO2S. The molecule has 4 heteroatoms. The highest BCUT2D eigenvalue weighted by atomic mass is 32.2. The predicted molar refractivity (Wildman–Crippen MR) is 89.8 cm³/mol. The molecule has 0 fully saturated rings. The third-order valence-electron chi connectivity index (χ3n) is 3.78. The van der Waals surface area contributed by atoms with Crippen molar-refractivity contribution < 1.29 is 9.90 Å². The van der Waals surface area contributed by atoms with Crippen LogP contribution in [0.25, 0.3) is 0 Å². The first kappa shape index (κ1) is 18.1. The molecule has 0 aliphatic rings. The third-order valence-corrected chi connectivity index (χ3v) is 4.77. The van der Waals surface area contributed by atoms with Crippen LogP contribution < -0.4 is 5.32 Å². The van der Waals surface area contributed by atoms with Crippen LogP contribution in [-0.4, -0.2) is 29.9 Å². The van der Waals surface area contributed by atoms with Crippen LogP contribution in [0.5, 0.6) is 0 Å². The Morgan fingerprint density at radius 1 is 1.33 bits per heavy atom. The molecule has 0 aromatic heterocycles. The second kappa shape index (κ2) is 9.85. The van der Waals surface area contributed by atoms with Gasteiger partial charge >= 0.3 is 0 Å². The normalized spacial score (nSPS) is 12.2. The zero-order valence-corrected chi connectivity index (χ0v) is 14.1. The van der Waals surface area contributed by atoms with Crippen LogP contribution in [0, 0.1) is 19.8 Å². The molecule has 2 N–H and O–H groups in total. The van der Waals surface area contributed by atoms with E-state index in [0.29, 0.717) is 18.9 Å². The lowest BCUT2D eigenvalue weighted by Crippen LogP contribution is -2.29. The standard InChI is InChI=1S/C17H27NO2S/c1-4-15(7-9-19)12-18-17(20)8-10-21-16-6-5-13(2)14(3)11-16/h5-6,11,15,19H,4,7-10,12H2,1-3H3,(H,18,20). The van der Waals surface area contributed by atoms with E-state index in [2.05, 4.69) is 44.3 Å². The highest BCUT2D eigenvalue weighted by Gasteiger charge is 2.08. The zero-order valence-electron chi connectivity index (χ0n) is 13.3. The number of aryl methyl sites for hydroxylation is 2. The number of rotatable bonds is 9. The summed E-state index contributed by atoms with van der Waals surface area (Å²) in [5.74, 6) is 1.28. The van der Waals surface area contributed by atoms with Gasteiger partial charge in [0.1, 0.15) is 0 Å². The molecule has 0 spiro atoms. The second-order valence-electron chi connectivity index (χ2n) is 5.44. The highest BCUT2D eigenvalue weighted by molar-refractivity contribution is 7.99. The summed E-state index contributed by atoms with van der Waals surface area (Å²) in [5, 5.41) is 11.9. The smallest absolute Gasteiger partial charge is 0.220 e. The summed E-state index contributed by atoms with van der Waals surface area (Å²) >= 11 is 1.72. The SMILES string of the molecule is CCC(CCO)CNC(=O)CCSc1ccc(C)c(C)c1. The minimum absolute atomic E-state index is 0.0997. The first-order chi connectivity index (χ1) is 10.1. The predicted octanol–water partition coefficient (Wildman–Crippen LogP) is 3.31. The van der Waals surface area contributed by atoms with Crippen molar-refractivity contribution in [3.05, 3.63) is 29.3 Å². The van der Waals surface area contributed by atoms with Gasteiger partial charge in [0.05, 0.1) is 0 Å². The minimum atomic E-state index is 0.0997. The molecule has 0 bridgehead atoms. The van der Waals surface area contributed by atoms with Crippen molar-refractivity contribution in [1.29, 1.82) is 0 Å². The first-order valence-electron chi connectivity index (χ1n) is 7.64. The van der Waals surface area contributed by atoms with Gasteiger partial charge in [-0.3, -0.25) is 4.79 Å². The van der Waals surface area contributed by atoms with Gasteiger partial charge in [-0.2, -0.15) is 0 Å². The molecule has 1 rings (SSSR count). The number of thioether (sulfide) groups is 1. The van der Waals surface area contributed by atoms with Gasteiger partial charge < -0.3 is 10.4 Å². The number of aliphatic hydroxyl groups excluding tert-OH is 1. The van der Waals surface area contributed by atoms with Gasteiger partial charge in [0.25, 0.3) is 0 Å². The number of hydrogen-bond donors (Lipinski definition) is 2. The Labute approximate surface area is 132 Å². The molecule has 0 saturated carbocycles. The van der Waals surface area contributed by atoms with Crippen LogP contribution in [0.1, 0.15) is 37.3 Å². The lowest BCUT2D eigenvalue weighted by molar-refractivity contribution is -0.120. The van der Waals surface area contributed by atoms with E-state index >= 15 is 0 Å². The first-order valence-corrected chi connectivity index (χ1v) is 8.63. The molecule has 0 aliphatic heterocycles. The molecule has 0 aliphatic carbocycles. The summed E-state index contributed by atoms with van der Waals surface area (Å²) in [4.78, 5) is 13.0. The number of hydrogen-bond acceptors (Lipinski definition) is 3. The fourth-order valence-corrected chi connectivity index (χ4v) is 2.99. The van der Waals surface area contributed by atoms with Crippen molar-refractivity contribution in [1.82, 2.24) is 5.32 Å². The summed E-state index contributed by atoms with van der Waals surface area (Å²) in [6, 6.07) is 6.41. The number of nitrogens with one attached hydrogen (secondary N) is 1. The Morgan fingerprint density at radius 3 is 2.71 bits per heavy atom. The summed E-state index contributed by atoms with van der Waals surface area (Å²) < 4.78 is 0. The number of benzene rings is 1. The van der Waals surface area contributed by atoms with Crippen molar-refractivity contribution >= 4 is 17.7 Å². The Balaban J connectivity index is 2.25. The quantitative estimate of drug-likeness (QED) is 0.688. The molecule has 1 atom stereocenters. The van der Waals surface area contributed by atoms with Gasteiger partial charge in [-0.1, -0.05) is 19.4 Å². The molecule has 1 aromatic carbocycles. The number of aliphatic hydroxyl groups is 1. The largest absolute Gasteiger partial charge is 0.396 e. The van der Waals surface area contributed by atoms with Gasteiger partial charge in [0.15, 0.2) is 0 Å². The summed E-state index contributed by atoms with van der Waals surface area (Å²) in [6.45, 7) is 7.16. The number of carbonyl (C=O) groups is 1. The molecule has 1 amide bonds. The van der Waals surface area contributed by atoms with E-state index in [0.717, 1.165) is 18.6 Å². The van der Waals surface area contributed by atoms with Crippen LogP contribution in [0.15, 0.2) is 23.1 Å². The van der Waals surface area contributed by atoms with E-state index in [-0.39, 0.29) is 12.5 Å². The van der Waals surface area contributed by atoms with Crippen LogP contribution in [0.3, 0.4) is 0 Å². The van der Waals surface area contributed by atoms with E-state index in [9.17, 15) is 4.79 Å². The van der Waals surface area contributed by atoms with Gasteiger partial charge in [-0.05, 0) is 49.4 Å². The Morgan fingerprint density at radius 2 is 2.10 bits per heavy atom. The highest BCUT2D eigenvalue weighted by Crippen LogP contribution is 2.21. The summed E-state index contributed by atoms with van der Waals surface area (Å²) in [5.41, 5.74) is 2.59. The van der Waals surface area contributed by atoms with Gasteiger partial charge in [-0.25, -0.2) is 0 Å². The van der Waals surface area contributed by atoms with E-state index < -0.39 is 0 Å². The van der Waals surface area contributed by atoms with Crippen LogP contribution in [-0.2, 0) is 4.79 Å². The third kappa shape index (κ3) is 7.00. The van der Waals surface area contributed by atoms with E-state index in [1.165, 1.54) is 16.0 Å². The van der Waals surface area contributed by atoms with Crippen molar-refractivity contribution in [3.8, 4) is 0 Å². The minimum Gasteiger partial charge on any atom is -0.396 e. The van der Waals surface area contributed by atoms with Crippen LogP contribution >= 0.6 is 11.8 Å². The number of carbonyl (C=O) groups excluding carboxylic acids is 1. The van der Waals surface area contributed by atoms with Gasteiger partial charge in [0.2, 0.25) is 5.91 Å². The maximum atomic E-state index is 11.8. The molecule has 0 radical (unpaired) electrons. The molecule has 0 heterocycles. The molecule has 21 heavy (non-hydrogen) atoms. The van der Waals surface area contributed by atoms with E-state index in [1.54, 1.807) is 11.8 Å². The topological polar surface area (TPSA) is 49.3 Å². The molecule has 1 unspecified atom stereocenters. The lowest BCUT2D eigenvalue weighted by Gasteiger charge is -2.14. The summed E-state index contributed by atoms with van der Waals surface area (Å²) in [7, 11) is 0. The molecule has 0 saturated heterocycles. The lowest BCUT2D eigenvalue weighted by atomic mass is 10.0. The van der Waals surface area contributed by atoms with Crippen molar-refractivity contribution in [3.63, 3.8) is 0 Å². The fourth-order valence-electron chi connectivity index (χ4n) is 2.04. The number of amides is 1. The van der Waals surface area contributed by atoms with Gasteiger partial charge in [0, 0.05) is 30.2 Å². The van der Waals surface area contributed by atoms with Crippen molar-refractivity contribution in [2.45, 2.75) is 44.9 Å². The average molecular weight is 309 g/mol. The monoisotopic (exact) mass is 309 g/mol.